The molecule has 0 N–H and O–H groups in total. The number of thioether (sulfide) groups is 1. The molecule has 0 atom stereocenters. The second-order valence-electron chi connectivity index (χ2n) is 6.05. The molecule has 0 saturated carbocycles. The minimum Gasteiger partial charge on any atom is -0.496 e. The van der Waals surface area contributed by atoms with Crippen molar-refractivity contribution in [3.05, 3.63) is 66.9 Å². The van der Waals surface area contributed by atoms with Crippen molar-refractivity contribution in [1.82, 2.24) is 9.55 Å². The van der Waals surface area contributed by atoms with Crippen LogP contribution in [-0.4, -0.2) is 35.3 Å². The molecule has 0 saturated heterocycles. The van der Waals surface area contributed by atoms with Gasteiger partial charge in [0.1, 0.15) is 5.75 Å². The van der Waals surface area contributed by atoms with Gasteiger partial charge in [-0.15, -0.1) is 0 Å². The van der Waals surface area contributed by atoms with Crippen molar-refractivity contribution in [1.29, 1.82) is 0 Å². The molecule has 0 aliphatic heterocycles. The van der Waals surface area contributed by atoms with Gasteiger partial charge in [0.05, 0.1) is 36.1 Å². The van der Waals surface area contributed by atoms with Gasteiger partial charge >= 0.3 is 0 Å². The first-order valence-electron chi connectivity index (χ1n) is 8.57. The zero-order valence-electron chi connectivity index (χ0n) is 15.8. The van der Waals surface area contributed by atoms with E-state index in [2.05, 4.69) is 20.9 Å². The number of aromatic nitrogens is 2. The first-order chi connectivity index (χ1) is 13.9. The maximum absolute atomic E-state index is 13.0. The molecule has 0 aliphatic rings. The molecule has 3 aromatic rings. The fourth-order valence-corrected chi connectivity index (χ4v) is 4.16. The van der Waals surface area contributed by atoms with Gasteiger partial charge in [-0.2, -0.15) is 0 Å². The Morgan fingerprint density at radius 2 is 2.03 bits per heavy atom. The highest BCUT2D eigenvalue weighted by Gasteiger charge is 2.15. The van der Waals surface area contributed by atoms with E-state index in [0.29, 0.717) is 46.3 Å². The number of ether oxygens (including phenoxy) is 2. The Bertz CT molecular complexity index is 1120. The fraction of sp³-hybridized carbons (Fsp3) is 0.263. The summed E-state index contributed by atoms with van der Waals surface area (Å²) in [5.41, 5.74) is 1.05. The molecule has 2 aromatic carbocycles. The molecule has 0 aliphatic carbocycles. The van der Waals surface area contributed by atoms with Gasteiger partial charge in [-0.1, -0.05) is 27.7 Å². The Morgan fingerprint density at radius 3 is 2.72 bits per heavy atom. The fourth-order valence-electron chi connectivity index (χ4n) is 2.80. The highest BCUT2D eigenvalue weighted by molar-refractivity contribution is 9.10. The Hall–Kier alpha value is -2.43. The summed E-state index contributed by atoms with van der Waals surface area (Å²) in [5.74, 6) is 0.894. The van der Waals surface area contributed by atoms with Crippen LogP contribution in [0, 0.1) is 10.1 Å². The molecular formula is C19H18BrN3O5S. The number of hydrogen-bond donors (Lipinski definition) is 0. The molecule has 1 heterocycles. The molecular weight excluding hydrogens is 462 g/mol. The number of rotatable bonds is 8. The minimum absolute atomic E-state index is 0.0190. The molecule has 10 heteroatoms. The summed E-state index contributed by atoms with van der Waals surface area (Å²) in [7, 11) is 3.08. The van der Waals surface area contributed by atoms with Crippen LogP contribution >= 0.6 is 27.7 Å². The number of nitro groups is 1. The molecule has 0 spiro atoms. The van der Waals surface area contributed by atoms with Crippen molar-refractivity contribution in [2.45, 2.75) is 17.5 Å². The van der Waals surface area contributed by atoms with E-state index in [1.165, 1.54) is 31.0 Å². The Kier molecular flexibility index (Phi) is 6.88. The van der Waals surface area contributed by atoms with Crippen LogP contribution in [0.4, 0.5) is 5.69 Å². The average molecular weight is 480 g/mol. The van der Waals surface area contributed by atoms with Crippen LogP contribution in [0.2, 0.25) is 0 Å². The maximum atomic E-state index is 13.0. The molecule has 152 valence electrons. The highest BCUT2D eigenvalue weighted by atomic mass is 79.9. The third kappa shape index (κ3) is 4.77. The summed E-state index contributed by atoms with van der Waals surface area (Å²) in [6, 6.07) is 9.78. The summed E-state index contributed by atoms with van der Waals surface area (Å²) in [5, 5.41) is 12.1. The maximum Gasteiger partial charge on any atom is 0.270 e. The van der Waals surface area contributed by atoms with Crippen molar-refractivity contribution >= 4 is 44.3 Å². The quantitative estimate of drug-likeness (QED) is 0.208. The topological polar surface area (TPSA) is 96.5 Å². The van der Waals surface area contributed by atoms with E-state index in [0.717, 1.165) is 4.47 Å². The van der Waals surface area contributed by atoms with Crippen LogP contribution in [0.25, 0.3) is 10.9 Å². The summed E-state index contributed by atoms with van der Waals surface area (Å²) in [6.07, 6.45) is 0. The van der Waals surface area contributed by atoms with E-state index in [1.807, 2.05) is 6.07 Å². The van der Waals surface area contributed by atoms with Gasteiger partial charge < -0.3 is 9.47 Å². The molecule has 0 radical (unpaired) electrons. The van der Waals surface area contributed by atoms with E-state index >= 15 is 0 Å². The molecule has 8 nitrogen and oxygen atoms in total. The Balaban J connectivity index is 2.01. The van der Waals surface area contributed by atoms with Crippen LogP contribution in [-0.2, 0) is 17.0 Å². The predicted octanol–water partition coefficient (Wildman–Crippen LogP) is 4.01. The third-order valence-electron chi connectivity index (χ3n) is 4.23. The lowest BCUT2D eigenvalue weighted by Gasteiger charge is -2.14. The van der Waals surface area contributed by atoms with Gasteiger partial charge in [-0.05, 0) is 24.3 Å². The van der Waals surface area contributed by atoms with Crippen LogP contribution in [0.1, 0.15) is 5.56 Å². The molecule has 0 bridgehead atoms. The van der Waals surface area contributed by atoms with Crippen molar-refractivity contribution in [3.63, 3.8) is 0 Å². The van der Waals surface area contributed by atoms with Crippen molar-refractivity contribution in [2.24, 2.45) is 0 Å². The Labute approximate surface area is 179 Å². The lowest BCUT2D eigenvalue weighted by molar-refractivity contribution is -0.384. The minimum atomic E-state index is -0.450. The van der Waals surface area contributed by atoms with Gasteiger partial charge in [0.15, 0.2) is 5.16 Å². The number of halogens is 1. The summed E-state index contributed by atoms with van der Waals surface area (Å²) < 4.78 is 12.8. The van der Waals surface area contributed by atoms with E-state index in [4.69, 9.17) is 9.47 Å². The largest absolute Gasteiger partial charge is 0.496 e. The van der Waals surface area contributed by atoms with Crippen LogP contribution < -0.4 is 10.3 Å². The SMILES string of the molecule is COCCn1c(SCc2cc([N+](=O)[O-])ccc2OC)nc2ccc(Br)cc2c1=O. The Morgan fingerprint density at radius 1 is 1.24 bits per heavy atom. The van der Waals surface area contributed by atoms with Crippen LogP contribution in [0.15, 0.2) is 50.8 Å². The van der Waals surface area contributed by atoms with E-state index in [-0.39, 0.29) is 11.2 Å². The monoisotopic (exact) mass is 479 g/mol. The molecule has 1 aromatic heterocycles. The van der Waals surface area contributed by atoms with E-state index < -0.39 is 4.92 Å². The third-order valence-corrected chi connectivity index (χ3v) is 5.75. The summed E-state index contributed by atoms with van der Waals surface area (Å²) in [6.45, 7) is 0.702. The second-order valence-corrected chi connectivity index (χ2v) is 7.91. The van der Waals surface area contributed by atoms with Gasteiger partial charge in [-0.25, -0.2) is 4.98 Å². The predicted molar refractivity (Wildman–Crippen MR) is 115 cm³/mol. The molecule has 0 fully saturated rings. The van der Waals surface area contributed by atoms with Crippen LogP contribution in [0.5, 0.6) is 5.75 Å². The highest BCUT2D eigenvalue weighted by Crippen LogP contribution is 2.30. The standard InChI is InChI=1S/C19H18BrN3O5S/c1-27-8-7-22-18(24)15-10-13(20)3-5-16(15)21-19(22)29-11-12-9-14(23(25)26)4-6-17(12)28-2/h3-6,9-10H,7-8,11H2,1-2H3. The number of nitrogens with zero attached hydrogens (tertiary/aromatic N) is 3. The van der Waals surface area contributed by atoms with Gasteiger partial charge in [0, 0.05) is 35.0 Å². The van der Waals surface area contributed by atoms with E-state index in [9.17, 15) is 14.9 Å². The molecule has 3 rings (SSSR count). The smallest absolute Gasteiger partial charge is 0.270 e. The van der Waals surface area contributed by atoms with Crippen LogP contribution in [0.3, 0.4) is 0 Å². The average Bonchev–Trinajstić information content (AvgIpc) is 2.72. The lowest BCUT2D eigenvalue weighted by Crippen LogP contribution is -2.25. The first kappa shape index (κ1) is 21.3. The van der Waals surface area contributed by atoms with Crippen molar-refractivity contribution in [3.8, 4) is 5.75 Å². The normalized spacial score (nSPS) is 11.0. The number of methoxy groups -OCH3 is 2. The van der Waals surface area contributed by atoms with Crippen molar-refractivity contribution in [2.75, 3.05) is 20.8 Å². The lowest BCUT2D eigenvalue weighted by atomic mass is 10.2. The van der Waals surface area contributed by atoms with Crippen molar-refractivity contribution < 1.29 is 14.4 Å². The van der Waals surface area contributed by atoms with E-state index in [1.54, 1.807) is 29.9 Å². The summed E-state index contributed by atoms with van der Waals surface area (Å²) in [4.78, 5) is 28.3. The van der Waals surface area contributed by atoms with Gasteiger partial charge in [0.25, 0.3) is 11.2 Å². The number of hydrogen-bond acceptors (Lipinski definition) is 7. The number of non-ortho nitro benzene ring substituents is 1. The number of fused-ring (bicyclic) bond motifs is 1. The van der Waals surface area contributed by atoms with Gasteiger partial charge in [-0.3, -0.25) is 19.5 Å². The van der Waals surface area contributed by atoms with Gasteiger partial charge in [0.2, 0.25) is 0 Å². The number of nitro benzene ring substituents is 1. The molecule has 0 amide bonds. The second kappa shape index (κ2) is 9.38. The summed E-state index contributed by atoms with van der Waals surface area (Å²) >= 11 is 4.70. The zero-order valence-corrected chi connectivity index (χ0v) is 18.2. The first-order valence-corrected chi connectivity index (χ1v) is 10.4. The number of benzene rings is 2. The molecule has 29 heavy (non-hydrogen) atoms. The molecule has 0 unspecified atom stereocenters. The zero-order chi connectivity index (χ0) is 21.0.